The Morgan fingerprint density at radius 3 is 2.95 bits per heavy atom. The summed E-state index contributed by atoms with van der Waals surface area (Å²) in [5, 5.41) is 11.9. The largest absolute Gasteiger partial charge is 0.480 e. The molecule has 21 heavy (non-hydrogen) atoms. The molecule has 1 fully saturated rings. The van der Waals surface area contributed by atoms with Crippen molar-refractivity contribution in [2.75, 3.05) is 6.54 Å². The molecule has 1 saturated heterocycles. The van der Waals surface area contributed by atoms with Gasteiger partial charge in [0.15, 0.2) is 0 Å². The number of carboxylic acid groups (broad SMARTS) is 1. The van der Waals surface area contributed by atoms with Crippen molar-refractivity contribution in [3.8, 4) is 0 Å². The molecule has 2 aromatic rings. The molecule has 1 atom stereocenters. The maximum Gasteiger partial charge on any atom is 0.323 e. The van der Waals surface area contributed by atoms with Gasteiger partial charge in [-0.25, -0.2) is 0 Å². The molecule has 110 valence electrons. The Morgan fingerprint density at radius 1 is 1.33 bits per heavy atom. The number of rotatable bonds is 3. The quantitative estimate of drug-likeness (QED) is 0.941. The van der Waals surface area contributed by atoms with Crippen LogP contribution in [0.5, 0.6) is 0 Å². The lowest BCUT2D eigenvalue weighted by atomic mass is 9.88. The highest BCUT2D eigenvalue weighted by molar-refractivity contribution is 5.84. The van der Waals surface area contributed by atoms with E-state index in [2.05, 4.69) is 16.0 Å². The van der Waals surface area contributed by atoms with Gasteiger partial charge in [-0.2, -0.15) is 0 Å². The minimum absolute atomic E-state index is 0.636. The van der Waals surface area contributed by atoms with Crippen LogP contribution in [0.3, 0.4) is 0 Å². The van der Waals surface area contributed by atoms with Crippen LogP contribution in [-0.4, -0.2) is 33.0 Å². The third-order valence-corrected chi connectivity index (χ3v) is 4.61. The number of hydrogen-bond donors (Lipinski definition) is 1. The lowest BCUT2D eigenvalue weighted by molar-refractivity contribution is -0.153. The minimum atomic E-state index is -0.769. The molecule has 4 nitrogen and oxygen atoms in total. The molecule has 1 N–H and O–H groups in total. The van der Waals surface area contributed by atoms with E-state index in [1.807, 2.05) is 37.5 Å². The molecule has 1 aliphatic rings. The molecular weight excluding hydrogens is 264 g/mol. The summed E-state index contributed by atoms with van der Waals surface area (Å²) >= 11 is 0. The number of hydrogen-bond acceptors (Lipinski definition) is 3. The third-order valence-electron chi connectivity index (χ3n) is 4.61. The van der Waals surface area contributed by atoms with Crippen LogP contribution in [0.2, 0.25) is 0 Å². The van der Waals surface area contributed by atoms with Gasteiger partial charge < -0.3 is 5.11 Å². The molecule has 1 aliphatic heterocycles. The number of benzene rings is 1. The lowest BCUT2D eigenvalue weighted by Gasteiger charge is -2.41. The summed E-state index contributed by atoms with van der Waals surface area (Å²) < 4.78 is 0. The highest BCUT2D eigenvalue weighted by atomic mass is 16.4. The number of aromatic nitrogens is 1. The van der Waals surface area contributed by atoms with Crippen molar-refractivity contribution in [2.45, 2.75) is 38.3 Å². The SMILES string of the molecule is CC1(C(=O)O)CCCCN1Cc1cncc2ccccc12. The molecule has 1 aromatic carbocycles. The molecule has 0 saturated carbocycles. The fourth-order valence-corrected chi connectivity index (χ4v) is 3.18. The smallest absolute Gasteiger partial charge is 0.323 e. The van der Waals surface area contributed by atoms with Gasteiger partial charge >= 0.3 is 5.97 Å². The molecule has 4 heteroatoms. The topological polar surface area (TPSA) is 53.4 Å². The number of piperidine rings is 1. The first-order chi connectivity index (χ1) is 10.1. The predicted molar refractivity (Wildman–Crippen MR) is 82.0 cm³/mol. The van der Waals surface area contributed by atoms with E-state index in [1.165, 1.54) is 0 Å². The molecular formula is C17H20N2O2. The average Bonchev–Trinajstić information content (AvgIpc) is 2.50. The van der Waals surface area contributed by atoms with Crippen LogP contribution >= 0.6 is 0 Å². The first kappa shape index (κ1) is 14.0. The van der Waals surface area contributed by atoms with Crippen LogP contribution in [-0.2, 0) is 11.3 Å². The van der Waals surface area contributed by atoms with E-state index < -0.39 is 11.5 Å². The maximum atomic E-state index is 11.7. The second kappa shape index (κ2) is 5.45. The minimum Gasteiger partial charge on any atom is -0.480 e. The second-order valence-electron chi connectivity index (χ2n) is 5.98. The number of likely N-dealkylation sites (tertiary alicyclic amines) is 1. The summed E-state index contributed by atoms with van der Waals surface area (Å²) in [4.78, 5) is 18.1. The third kappa shape index (κ3) is 2.51. The lowest BCUT2D eigenvalue weighted by Crippen LogP contribution is -2.54. The van der Waals surface area contributed by atoms with E-state index in [1.54, 1.807) is 0 Å². The van der Waals surface area contributed by atoms with E-state index >= 15 is 0 Å². The number of aliphatic carboxylic acids is 1. The van der Waals surface area contributed by atoms with Crippen molar-refractivity contribution in [1.29, 1.82) is 0 Å². The van der Waals surface area contributed by atoms with Crippen LogP contribution in [0.1, 0.15) is 31.7 Å². The van der Waals surface area contributed by atoms with Gasteiger partial charge in [0.2, 0.25) is 0 Å². The molecule has 1 aromatic heterocycles. The van der Waals surface area contributed by atoms with Crippen LogP contribution in [0.25, 0.3) is 10.8 Å². The van der Waals surface area contributed by atoms with E-state index in [0.29, 0.717) is 13.0 Å². The van der Waals surface area contributed by atoms with Crippen molar-refractivity contribution in [2.24, 2.45) is 0 Å². The van der Waals surface area contributed by atoms with Gasteiger partial charge in [-0.15, -0.1) is 0 Å². The molecule has 0 aliphatic carbocycles. The van der Waals surface area contributed by atoms with Gasteiger partial charge in [-0.1, -0.05) is 24.3 Å². The Kier molecular flexibility index (Phi) is 3.64. The van der Waals surface area contributed by atoms with Crippen molar-refractivity contribution in [3.05, 3.63) is 42.2 Å². The van der Waals surface area contributed by atoms with Crippen LogP contribution < -0.4 is 0 Å². The first-order valence-electron chi connectivity index (χ1n) is 7.41. The predicted octanol–water partition coefficient (Wildman–Crippen LogP) is 3.06. The van der Waals surface area contributed by atoms with Gasteiger partial charge in [-0.3, -0.25) is 14.7 Å². The van der Waals surface area contributed by atoms with Gasteiger partial charge in [0.25, 0.3) is 0 Å². The standard InChI is InChI=1S/C17H20N2O2/c1-17(16(20)21)8-4-5-9-19(17)12-14-11-18-10-13-6-2-3-7-15(13)14/h2-3,6-7,10-11H,4-5,8-9,12H2,1H3,(H,20,21). The van der Waals surface area contributed by atoms with E-state index in [4.69, 9.17) is 0 Å². The van der Waals surface area contributed by atoms with Crippen molar-refractivity contribution < 1.29 is 9.90 Å². The summed E-state index contributed by atoms with van der Waals surface area (Å²) in [6.45, 7) is 3.30. The molecule has 0 radical (unpaired) electrons. The van der Waals surface area contributed by atoms with Gasteiger partial charge in [0.1, 0.15) is 5.54 Å². The summed E-state index contributed by atoms with van der Waals surface area (Å²) in [7, 11) is 0. The van der Waals surface area contributed by atoms with Gasteiger partial charge in [0, 0.05) is 24.3 Å². The van der Waals surface area contributed by atoms with Crippen molar-refractivity contribution in [1.82, 2.24) is 9.88 Å². The Balaban J connectivity index is 1.95. The fraction of sp³-hybridized carbons (Fsp3) is 0.412. The summed E-state index contributed by atoms with van der Waals surface area (Å²) in [6.07, 6.45) is 6.46. The monoisotopic (exact) mass is 284 g/mol. The number of carbonyl (C=O) groups is 1. The Labute approximate surface area is 124 Å². The molecule has 1 unspecified atom stereocenters. The fourth-order valence-electron chi connectivity index (χ4n) is 3.18. The summed E-state index contributed by atoms with van der Waals surface area (Å²) in [6, 6.07) is 8.13. The van der Waals surface area contributed by atoms with Crippen molar-refractivity contribution >= 4 is 16.7 Å². The zero-order valence-corrected chi connectivity index (χ0v) is 12.2. The molecule has 3 rings (SSSR count). The number of fused-ring (bicyclic) bond motifs is 1. The van der Waals surface area contributed by atoms with Crippen LogP contribution in [0.15, 0.2) is 36.7 Å². The van der Waals surface area contributed by atoms with Crippen LogP contribution in [0.4, 0.5) is 0 Å². The Morgan fingerprint density at radius 2 is 2.14 bits per heavy atom. The summed E-state index contributed by atoms with van der Waals surface area (Å²) in [5.41, 5.74) is 0.331. The molecule has 0 amide bonds. The van der Waals surface area contributed by atoms with E-state index in [9.17, 15) is 9.90 Å². The zero-order valence-electron chi connectivity index (χ0n) is 12.2. The van der Waals surface area contributed by atoms with Crippen LogP contribution in [0, 0.1) is 0 Å². The average molecular weight is 284 g/mol. The number of pyridine rings is 1. The zero-order chi connectivity index (χ0) is 14.9. The van der Waals surface area contributed by atoms with E-state index in [0.717, 1.165) is 35.7 Å². The number of carboxylic acids is 1. The highest BCUT2D eigenvalue weighted by Crippen LogP contribution is 2.31. The first-order valence-corrected chi connectivity index (χ1v) is 7.41. The second-order valence-corrected chi connectivity index (χ2v) is 5.98. The Bertz CT molecular complexity index is 665. The Hall–Kier alpha value is -1.94. The molecule has 0 spiro atoms. The number of nitrogens with zero attached hydrogens (tertiary/aromatic N) is 2. The summed E-state index contributed by atoms with van der Waals surface area (Å²) in [5.74, 6) is -0.726. The highest BCUT2D eigenvalue weighted by Gasteiger charge is 2.41. The van der Waals surface area contributed by atoms with E-state index in [-0.39, 0.29) is 0 Å². The van der Waals surface area contributed by atoms with Crippen molar-refractivity contribution in [3.63, 3.8) is 0 Å². The normalized spacial score (nSPS) is 23.3. The molecule has 0 bridgehead atoms. The molecule has 2 heterocycles. The van der Waals surface area contributed by atoms with Gasteiger partial charge in [-0.05, 0) is 43.7 Å². The van der Waals surface area contributed by atoms with Gasteiger partial charge in [0.05, 0.1) is 0 Å². The maximum absolute atomic E-state index is 11.7.